The number of nitrogens with one attached hydrogen (secondary N) is 1. The summed E-state index contributed by atoms with van der Waals surface area (Å²) in [6.07, 6.45) is 1.13. The molecule has 0 aromatic heterocycles. The van der Waals surface area contributed by atoms with Gasteiger partial charge in [0.2, 0.25) is 5.91 Å². The molecule has 0 aliphatic heterocycles. The van der Waals surface area contributed by atoms with Crippen molar-refractivity contribution in [3.05, 3.63) is 59.7 Å². The van der Waals surface area contributed by atoms with E-state index in [2.05, 4.69) is 5.32 Å². The summed E-state index contributed by atoms with van der Waals surface area (Å²) < 4.78 is 23.2. The van der Waals surface area contributed by atoms with Crippen molar-refractivity contribution in [2.24, 2.45) is 5.92 Å². The Balaban J connectivity index is 2.22. The van der Waals surface area contributed by atoms with Crippen molar-refractivity contribution in [1.29, 1.82) is 0 Å². The molecular formula is C21H26N2O4S. The number of benzene rings is 2. The van der Waals surface area contributed by atoms with Crippen LogP contribution >= 0.6 is 0 Å². The van der Waals surface area contributed by atoms with E-state index < -0.39 is 15.9 Å². The van der Waals surface area contributed by atoms with E-state index in [-0.39, 0.29) is 22.6 Å². The van der Waals surface area contributed by atoms with E-state index in [0.29, 0.717) is 11.3 Å². The second-order valence-electron chi connectivity index (χ2n) is 7.17. The van der Waals surface area contributed by atoms with Crippen LogP contribution in [0.25, 0.3) is 0 Å². The molecule has 0 saturated carbocycles. The van der Waals surface area contributed by atoms with Gasteiger partial charge < -0.3 is 10.2 Å². The van der Waals surface area contributed by atoms with Crippen LogP contribution in [0.1, 0.15) is 29.8 Å². The Kier molecular flexibility index (Phi) is 6.61. The van der Waals surface area contributed by atoms with E-state index in [1.807, 2.05) is 32.9 Å². The summed E-state index contributed by atoms with van der Waals surface area (Å²) in [7, 11) is -1.70. The minimum atomic E-state index is -3.31. The number of sulfone groups is 1. The second kappa shape index (κ2) is 8.56. The maximum Gasteiger partial charge on any atom is 0.252 e. The maximum absolute atomic E-state index is 13.0. The minimum Gasteiger partial charge on any atom is -0.340 e. The molecule has 1 atom stereocenters. The molecule has 2 amide bonds. The Morgan fingerprint density at radius 1 is 1.00 bits per heavy atom. The summed E-state index contributed by atoms with van der Waals surface area (Å²) in [5, 5.41) is 2.83. The van der Waals surface area contributed by atoms with E-state index in [0.717, 1.165) is 11.8 Å². The van der Waals surface area contributed by atoms with Crippen molar-refractivity contribution in [3.63, 3.8) is 0 Å². The summed E-state index contributed by atoms with van der Waals surface area (Å²) in [4.78, 5) is 27.3. The molecule has 0 fully saturated rings. The number of aryl methyl sites for hydroxylation is 1. The van der Waals surface area contributed by atoms with Crippen molar-refractivity contribution < 1.29 is 18.0 Å². The van der Waals surface area contributed by atoms with Crippen LogP contribution in [0.2, 0.25) is 0 Å². The predicted octanol–water partition coefficient (Wildman–Crippen LogP) is 2.82. The molecule has 1 N–H and O–H groups in total. The highest BCUT2D eigenvalue weighted by Gasteiger charge is 2.28. The molecule has 0 aliphatic carbocycles. The summed E-state index contributed by atoms with van der Waals surface area (Å²) in [6.45, 7) is 5.57. The molecule has 150 valence electrons. The average Bonchev–Trinajstić information content (AvgIpc) is 2.64. The van der Waals surface area contributed by atoms with Gasteiger partial charge in [0, 0.05) is 24.6 Å². The Hall–Kier alpha value is -2.67. The molecular weight excluding hydrogens is 376 g/mol. The lowest BCUT2D eigenvalue weighted by Gasteiger charge is -2.27. The Bertz CT molecular complexity index is 966. The Morgan fingerprint density at radius 2 is 1.57 bits per heavy atom. The van der Waals surface area contributed by atoms with Crippen LogP contribution in [-0.2, 0) is 14.6 Å². The second-order valence-corrected chi connectivity index (χ2v) is 9.19. The third-order valence-corrected chi connectivity index (χ3v) is 5.72. The molecule has 28 heavy (non-hydrogen) atoms. The molecule has 2 aromatic rings. The van der Waals surface area contributed by atoms with Crippen molar-refractivity contribution in [3.8, 4) is 0 Å². The highest BCUT2D eigenvalue weighted by molar-refractivity contribution is 7.90. The van der Waals surface area contributed by atoms with E-state index >= 15 is 0 Å². The van der Waals surface area contributed by atoms with Crippen LogP contribution in [0.3, 0.4) is 0 Å². The van der Waals surface area contributed by atoms with Gasteiger partial charge in [0.1, 0.15) is 6.04 Å². The molecule has 1 unspecified atom stereocenters. The lowest BCUT2D eigenvalue weighted by atomic mass is 10.0. The Labute approximate surface area is 166 Å². The van der Waals surface area contributed by atoms with E-state index in [1.165, 1.54) is 17.0 Å². The highest BCUT2D eigenvalue weighted by Crippen LogP contribution is 2.19. The number of hydrogen-bond donors (Lipinski definition) is 1. The van der Waals surface area contributed by atoms with Gasteiger partial charge in [-0.1, -0.05) is 32.0 Å². The lowest BCUT2D eigenvalue weighted by Crippen LogP contribution is -2.50. The molecule has 0 saturated heterocycles. The van der Waals surface area contributed by atoms with Crippen LogP contribution in [0.15, 0.2) is 53.4 Å². The third kappa shape index (κ3) is 4.98. The zero-order chi connectivity index (χ0) is 21.1. The van der Waals surface area contributed by atoms with E-state index in [9.17, 15) is 18.0 Å². The quantitative estimate of drug-likeness (QED) is 0.805. The van der Waals surface area contributed by atoms with Crippen LogP contribution in [0.5, 0.6) is 0 Å². The van der Waals surface area contributed by atoms with Gasteiger partial charge in [-0.05, 0) is 48.7 Å². The Morgan fingerprint density at radius 3 is 2.07 bits per heavy atom. The largest absolute Gasteiger partial charge is 0.340 e. The molecule has 0 spiro atoms. The number of carbonyl (C=O) groups is 2. The van der Waals surface area contributed by atoms with Gasteiger partial charge >= 0.3 is 0 Å². The fraction of sp³-hybridized carbons (Fsp3) is 0.333. The van der Waals surface area contributed by atoms with Gasteiger partial charge in [-0.25, -0.2) is 8.42 Å². The molecule has 7 heteroatoms. The molecule has 6 nitrogen and oxygen atoms in total. The normalized spacial score (nSPS) is 12.5. The topological polar surface area (TPSA) is 83.6 Å². The first-order valence-corrected chi connectivity index (χ1v) is 10.9. The monoisotopic (exact) mass is 402 g/mol. The molecule has 2 rings (SSSR count). The molecule has 0 heterocycles. The van der Waals surface area contributed by atoms with Crippen LogP contribution in [0, 0.1) is 12.8 Å². The standard InChI is InChI=1S/C21H26N2O4S/c1-14(2)19(22-20(24)18-9-7-6-8-15(18)3)21(25)23(4)16-10-12-17(13-11-16)28(5,26)27/h6-14,19H,1-5H3,(H,22,24). The van der Waals surface area contributed by atoms with Crippen LogP contribution in [-0.4, -0.2) is 39.6 Å². The van der Waals surface area contributed by atoms with Crippen LogP contribution < -0.4 is 10.2 Å². The minimum absolute atomic E-state index is 0.127. The van der Waals surface area contributed by atoms with Gasteiger partial charge in [0.05, 0.1) is 4.90 Å². The van der Waals surface area contributed by atoms with Crippen LogP contribution in [0.4, 0.5) is 5.69 Å². The lowest BCUT2D eigenvalue weighted by molar-refractivity contribution is -0.121. The molecule has 0 bridgehead atoms. The fourth-order valence-electron chi connectivity index (χ4n) is 2.81. The first-order chi connectivity index (χ1) is 13.0. The van der Waals surface area contributed by atoms with Crippen molar-refractivity contribution in [2.75, 3.05) is 18.2 Å². The van der Waals surface area contributed by atoms with Crippen molar-refractivity contribution in [2.45, 2.75) is 31.7 Å². The summed E-state index contributed by atoms with van der Waals surface area (Å²) in [6, 6.07) is 12.6. The number of amides is 2. The van der Waals surface area contributed by atoms with Gasteiger partial charge in [-0.15, -0.1) is 0 Å². The van der Waals surface area contributed by atoms with E-state index in [1.54, 1.807) is 31.3 Å². The first kappa shape index (κ1) is 21.6. The predicted molar refractivity (Wildman–Crippen MR) is 110 cm³/mol. The van der Waals surface area contributed by atoms with Gasteiger partial charge in [0.15, 0.2) is 9.84 Å². The summed E-state index contributed by atoms with van der Waals surface area (Å²) >= 11 is 0. The number of carbonyl (C=O) groups excluding carboxylic acids is 2. The summed E-state index contributed by atoms with van der Waals surface area (Å²) in [5.41, 5.74) is 1.91. The van der Waals surface area contributed by atoms with Gasteiger partial charge in [-0.3, -0.25) is 9.59 Å². The molecule has 2 aromatic carbocycles. The van der Waals surface area contributed by atoms with Gasteiger partial charge in [-0.2, -0.15) is 0 Å². The number of anilines is 1. The van der Waals surface area contributed by atoms with Gasteiger partial charge in [0.25, 0.3) is 5.91 Å². The number of rotatable bonds is 6. The number of nitrogens with zero attached hydrogens (tertiary/aromatic N) is 1. The zero-order valence-corrected chi connectivity index (χ0v) is 17.6. The smallest absolute Gasteiger partial charge is 0.252 e. The molecule has 0 radical (unpaired) electrons. The third-order valence-electron chi connectivity index (χ3n) is 4.59. The number of likely N-dealkylation sites (N-methyl/N-ethyl adjacent to an activating group) is 1. The fourth-order valence-corrected chi connectivity index (χ4v) is 3.44. The van der Waals surface area contributed by atoms with Crippen molar-refractivity contribution >= 4 is 27.3 Å². The first-order valence-electron chi connectivity index (χ1n) is 8.96. The number of hydrogen-bond acceptors (Lipinski definition) is 4. The average molecular weight is 403 g/mol. The van der Waals surface area contributed by atoms with E-state index in [4.69, 9.17) is 0 Å². The maximum atomic E-state index is 13.0. The SMILES string of the molecule is Cc1ccccc1C(=O)NC(C(=O)N(C)c1ccc(S(C)(=O)=O)cc1)C(C)C. The zero-order valence-electron chi connectivity index (χ0n) is 16.8. The highest BCUT2D eigenvalue weighted by atomic mass is 32.2. The summed E-state index contributed by atoms with van der Waals surface area (Å²) in [5.74, 6) is -0.701. The van der Waals surface area contributed by atoms with Crippen molar-refractivity contribution in [1.82, 2.24) is 5.32 Å². The molecule has 0 aliphatic rings.